The van der Waals surface area contributed by atoms with Crippen LogP contribution in [0.5, 0.6) is 11.5 Å². The zero-order valence-electron chi connectivity index (χ0n) is 8.37. The van der Waals surface area contributed by atoms with Crippen LogP contribution >= 0.6 is 0 Å². The van der Waals surface area contributed by atoms with Gasteiger partial charge in [-0.25, -0.2) is 8.78 Å². The molecular weight excluding hydrogens is 204 g/mol. The molecular formula is C10H13F2NO2. The van der Waals surface area contributed by atoms with Crippen molar-refractivity contribution >= 4 is 0 Å². The highest BCUT2D eigenvalue weighted by Crippen LogP contribution is 2.30. The molecule has 0 aromatic heterocycles. The van der Waals surface area contributed by atoms with E-state index in [-0.39, 0.29) is 6.54 Å². The van der Waals surface area contributed by atoms with Crippen LogP contribution in [0.25, 0.3) is 0 Å². The van der Waals surface area contributed by atoms with Crippen molar-refractivity contribution in [1.82, 2.24) is 0 Å². The van der Waals surface area contributed by atoms with Crippen molar-refractivity contribution in [2.45, 2.75) is 13.0 Å². The van der Waals surface area contributed by atoms with E-state index in [2.05, 4.69) is 0 Å². The molecule has 15 heavy (non-hydrogen) atoms. The number of ether oxygens (including phenoxy) is 2. The fourth-order valence-corrected chi connectivity index (χ4v) is 1.19. The minimum absolute atomic E-state index is 0.218. The molecule has 0 aliphatic carbocycles. The van der Waals surface area contributed by atoms with Gasteiger partial charge in [-0.1, -0.05) is 12.1 Å². The molecule has 0 aliphatic heterocycles. The summed E-state index contributed by atoms with van der Waals surface area (Å²) in [4.78, 5) is 0. The summed E-state index contributed by atoms with van der Waals surface area (Å²) in [5.74, 6) is 0.710. The zero-order chi connectivity index (χ0) is 11.3. The number of methoxy groups -OCH3 is 1. The second-order valence-corrected chi connectivity index (χ2v) is 2.85. The van der Waals surface area contributed by atoms with Gasteiger partial charge in [-0.05, 0) is 6.07 Å². The number of hydrogen-bond donors (Lipinski definition) is 1. The van der Waals surface area contributed by atoms with Gasteiger partial charge in [0.25, 0.3) is 6.43 Å². The molecule has 84 valence electrons. The van der Waals surface area contributed by atoms with E-state index < -0.39 is 13.0 Å². The Labute approximate surface area is 86.8 Å². The molecule has 3 nitrogen and oxygen atoms in total. The maximum absolute atomic E-state index is 12.0. The van der Waals surface area contributed by atoms with Gasteiger partial charge in [0, 0.05) is 12.1 Å². The Morgan fingerprint density at radius 3 is 2.67 bits per heavy atom. The van der Waals surface area contributed by atoms with Crippen LogP contribution in [0.3, 0.4) is 0 Å². The summed E-state index contributed by atoms with van der Waals surface area (Å²) in [6, 6.07) is 5.08. The lowest BCUT2D eigenvalue weighted by Crippen LogP contribution is -2.10. The molecule has 0 saturated heterocycles. The summed E-state index contributed by atoms with van der Waals surface area (Å²) in [6.07, 6.45) is -2.51. The molecule has 0 spiro atoms. The maximum Gasteiger partial charge on any atom is 0.272 e. The average Bonchev–Trinajstić information content (AvgIpc) is 2.25. The third kappa shape index (κ3) is 3.06. The van der Waals surface area contributed by atoms with Gasteiger partial charge >= 0.3 is 0 Å². The topological polar surface area (TPSA) is 44.5 Å². The first-order valence-corrected chi connectivity index (χ1v) is 4.46. The van der Waals surface area contributed by atoms with Crippen LogP contribution in [-0.2, 0) is 6.54 Å². The van der Waals surface area contributed by atoms with Gasteiger partial charge in [0.1, 0.15) is 6.61 Å². The Hall–Kier alpha value is -1.36. The lowest BCUT2D eigenvalue weighted by molar-refractivity contribution is 0.0799. The third-order valence-electron chi connectivity index (χ3n) is 1.85. The summed E-state index contributed by atoms with van der Waals surface area (Å²) < 4.78 is 33.9. The van der Waals surface area contributed by atoms with Crippen molar-refractivity contribution in [3.05, 3.63) is 23.8 Å². The van der Waals surface area contributed by atoms with Crippen molar-refractivity contribution in [3.8, 4) is 11.5 Å². The molecule has 0 heterocycles. The fourth-order valence-electron chi connectivity index (χ4n) is 1.19. The van der Waals surface area contributed by atoms with E-state index in [4.69, 9.17) is 15.2 Å². The number of benzene rings is 1. The lowest BCUT2D eigenvalue weighted by Gasteiger charge is -2.13. The standard InChI is InChI=1S/C10H13F2NO2/c1-14-8-4-2-3-7(5-13)10(8)15-6-9(11)12/h2-4,9H,5-6,13H2,1H3. The van der Waals surface area contributed by atoms with E-state index in [1.807, 2.05) is 0 Å². The van der Waals surface area contributed by atoms with Gasteiger partial charge in [0.05, 0.1) is 7.11 Å². The highest BCUT2D eigenvalue weighted by molar-refractivity contribution is 5.46. The van der Waals surface area contributed by atoms with E-state index in [1.54, 1.807) is 18.2 Å². The van der Waals surface area contributed by atoms with Crippen molar-refractivity contribution in [1.29, 1.82) is 0 Å². The Morgan fingerprint density at radius 2 is 2.13 bits per heavy atom. The Bertz CT molecular complexity index is 296. The lowest BCUT2D eigenvalue weighted by atomic mass is 10.2. The maximum atomic E-state index is 12.0. The molecule has 0 amide bonds. The molecule has 0 saturated carbocycles. The second kappa shape index (κ2) is 5.50. The van der Waals surface area contributed by atoms with Crippen LogP contribution in [0.1, 0.15) is 5.56 Å². The fraction of sp³-hybridized carbons (Fsp3) is 0.400. The van der Waals surface area contributed by atoms with E-state index in [0.29, 0.717) is 17.1 Å². The predicted molar refractivity (Wildman–Crippen MR) is 52.4 cm³/mol. The number of hydrogen-bond acceptors (Lipinski definition) is 3. The smallest absolute Gasteiger partial charge is 0.272 e. The van der Waals surface area contributed by atoms with Crippen molar-refractivity contribution in [3.63, 3.8) is 0 Å². The van der Waals surface area contributed by atoms with Gasteiger partial charge in [0.15, 0.2) is 11.5 Å². The molecule has 0 bridgehead atoms. The second-order valence-electron chi connectivity index (χ2n) is 2.85. The molecule has 1 rings (SSSR count). The summed E-state index contributed by atoms with van der Waals surface area (Å²) in [5, 5.41) is 0. The summed E-state index contributed by atoms with van der Waals surface area (Å²) in [6.45, 7) is -0.441. The molecule has 1 aromatic rings. The van der Waals surface area contributed by atoms with Crippen LogP contribution in [0.2, 0.25) is 0 Å². The molecule has 0 aliphatic rings. The Morgan fingerprint density at radius 1 is 1.40 bits per heavy atom. The Kier molecular flexibility index (Phi) is 4.30. The predicted octanol–water partition coefficient (Wildman–Crippen LogP) is 1.80. The van der Waals surface area contributed by atoms with E-state index in [1.165, 1.54) is 7.11 Å². The van der Waals surface area contributed by atoms with Crippen LogP contribution < -0.4 is 15.2 Å². The molecule has 0 fully saturated rings. The normalized spacial score (nSPS) is 10.5. The zero-order valence-corrected chi connectivity index (χ0v) is 8.37. The average molecular weight is 217 g/mol. The molecule has 2 N–H and O–H groups in total. The van der Waals surface area contributed by atoms with Crippen molar-refractivity contribution in [2.75, 3.05) is 13.7 Å². The van der Waals surface area contributed by atoms with Crippen LogP contribution in [0.15, 0.2) is 18.2 Å². The first-order valence-electron chi connectivity index (χ1n) is 4.46. The van der Waals surface area contributed by atoms with Crippen LogP contribution in [0.4, 0.5) is 8.78 Å². The quantitative estimate of drug-likeness (QED) is 0.817. The van der Waals surface area contributed by atoms with Gasteiger partial charge in [-0.2, -0.15) is 0 Å². The van der Waals surface area contributed by atoms with Gasteiger partial charge < -0.3 is 15.2 Å². The summed E-state index contributed by atoms with van der Waals surface area (Å²) in [7, 11) is 1.45. The monoisotopic (exact) mass is 217 g/mol. The van der Waals surface area contributed by atoms with Gasteiger partial charge in [-0.3, -0.25) is 0 Å². The molecule has 1 aromatic carbocycles. The van der Waals surface area contributed by atoms with Gasteiger partial charge in [0.2, 0.25) is 0 Å². The highest BCUT2D eigenvalue weighted by Gasteiger charge is 2.11. The molecule has 5 heteroatoms. The number of halogens is 2. The molecule has 0 unspecified atom stereocenters. The Balaban J connectivity index is 2.89. The van der Waals surface area contributed by atoms with E-state index in [0.717, 1.165) is 0 Å². The van der Waals surface area contributed by atoms with Crippen molar-refractivity contribution in [2.24, 2.45) is 5.73 Å². The minimum atomic E-state index is -2.51. The summed E-state index contributed by atoms with van der Waals surface area (Å²) in [5.41, 5.74) is 6.11. The number of nitrogens with two attached hydrogens (primary N) is 1. The highest BCUT2D eigenvalue weighted by atomic mass is 19.3. The van der Waals surface area contributed by atoms with E-state index >= 15 is 0 Å². The summed E-state index contributed by atoms with van der Waals surface area (Å²) >= 11 is 0. The number of rotatable bonds is 5. The number of para-hydroxylation sites is 1. The van der Waals surface area contributed by atoms with E-state index in [9.17, 15) is 8.78 Å². The third-order valence-corrected chi connectivity index (χ3v) is 1.85. The molecule has 0 atom stereocenters. The molecule has 0 radical (unpaired) electrons. The largest absolute Gasteiger partial charge is 0.493 e. The van der Waals surface area contributed by atoms with Crippen LogP contribution in [-0.4, -0.2) is 20.1 Å². The minimum Gasteiger partial charge on any atom is -0.493 e. The van der Waals surface area contributed by atoms with Crippen LogP contribution in [0, 0.1) is 0 Å². The first kappa shape index (κ1) is 11.7. The first-order chi connectivity index (χ1) is 7.19. The SMILES string of the molecule is COc1cccc(CN)c1OCC(F)F. The van der Waals surface area contributed by atoms with Gasteiger partial charge in [-0.15, -0.1) is 0 Å². The number of alkyl halides is 2. The van der Waals surface area contributed by atoms with Crippen molar-refractivity contribution < 1.29 is 18.3 Å².